The number of aryl methyl sites for hydroxylation is 1. The van der Waals surface area contributed by atoms with Crippen molar-refractivity contribution in [3.05, 3.63) is 29.6 Å². The fourth-order valence-corrected chi connectivity index (χ4v) is 0.957. The van der Waals surface area contributed by atoms with Gasteiger partial charge in [0, 0.05) is 18.0 Å². The topological polar surface area (TPSA) is 38.9 Å². The number of rotatable bonds is 2. The van der Waals surface area contributed by atoms with Crippen molar-refractivity contribution in [2.75, 3.05) is 6.54 Å². The SMILES string of the molecule is Cc1ccncc1C(F)(F)CN. The second kappa shape index (κ2) is 3.15. The lowest BCUT2D eigenvalue weighted by atomic mass is 10.1. The van der Waals surface area contributed by atoms with E-state index >= 15 is 0 Å². The molecule has 0 aliphatic heterocycles. The van der Waals surface area contributed by atoms with Gasteiger partial charge in [0.2, 0.25) is 0 Å². The van der Waals surface area contributed by atoms with Crippen LogP contribution in [0.5, 0.6) is 0 Å². The van der Waals surface area contributed by atoms with Crippen LogP contribution in [0.2, 0.25) is 0 Å². The molecule has 0 aliphatic rings. The summed E-state index contributed by atoms with van der Waals surface area (Å²) >= 11 is 0. The van der Waals surface area contributed by atoms with E-state index in [-0.39, 0.29) is 5.56 Å². The lowest BCUT2D eigenvalue weighted by molar-refractivity contribution is 0.00498. The largest absolute Gasteiger partial charge is 0.325 e. The van der Waals surface area contributed by atoms with Gasteiger partial charge in [-0.05, 0) is 18.6 Å². The van der Waals surface area contributed by atoms with Gasteiger partial charge >= 0.3 is 0 Å². The molecule has 0 aliphatic carbocycles. The molecule has 0 fully saturated rings. The van der Waals surface area contributed by atoms with E-state index < -0.39 is 12.5 Å². The van der Waals surface area contributed by atoms with Gasteiger partial charge in [-0.2, -0.15) is 8.78 Å². The van der Waals surface area contributed by atoms with E-state index in [2.05, 4.69) is 4.98 Å². The summed E-state index contributed by atoms with van der Waals surface area (Å²) in [4.78, 5) is 3.62. The van der Waals surface area contributed by atoms with Gasteiger partial charge in [-0.3, -0.25) is 4.98 Å². The quantitative estimate of drug-likeness (QED) is 0.733. The zero-order chi connectivity index (χ0) is 9.19. The van der Waals surface area contributed by atoms with Crippen LogP contribution < -0.4 is 5.73 Å². The molecule has 0 unspecified atom stereocenters. The predicted molar refractivity (Wildman–Crippen MR) is 41.9 cm³/mol. The maximum atomic E-state index is 13.0. The molecule has 0 aromatic carbocycles. The van der Waals surface area contributed by atoms with Gasteiger partial charge in [-0.15, -0.1) is 0 Å². The summed E-state index contributed by atoms with van der Waals surface area (Å²) in [7, 11) is 0. The second-order valence-electron chi connectivity index (χ2n) is 2.60. The Morgan fingerprint density at radius 2 is 2.25 bits per heavy atom. The van der Waals surface area contributed by atoms with Crippen LogP contribution in [0, 0.1) is 6.92 Å². The molecular formula is C8H10F2N2. The van der Waals surface area contributed by atoms with Crippen molar-refractivity contribution in [2.45, 2.75) is 12.8 Å². The second-order valence-corrected chi connectivity index (χ2v) is 2.60. The van der Waals surface area contributed by atoms with E-state index in [1.165, 1.54) is 6.20 Å². The molecule has 1 aromatic rings. The maximum absolute atomic E-state index is 13.0. The number of nitrogens with zero attached hydrogens (tertiary/aromatic N) is 1. The number of hydrogen-bond donors (Lipinski definition) is 1. The molecule has 0 saturated carbocycles. The molecule has 0 radical (unpaired) electrons. The lowest BCUT2D eigenvalue weighted by Crippen LogP contribution is -2.26. The van der Waals surface area contributed by atoms with Crippen molar-refractivity contribution >= 4 is 0 Å². The average Bonchev–Trinajstić information content (AvgIpc) is 2.05. The third-order valence-corrected chi connectivity index (χ3v) is 1.69. The Labute approximate surface area is 69.4 Å². The minimum Gasteiger partial charge on any atom is -0.325 e. The smallest absolute Gasteiger partial charge is 0.286 e. The average molecular weight is 172 g/mol. The predicted octanol–water partition coefficient (Wildman–Crippen LogP) is 1.44. The summed E-state index contributed by atoms with van der Waals surface area (Å²) in [5, 5.41) is 0. The molecule has 2 N–H and O–H groups in total. The van der Waals surface area contributed by atoms with Crippen LogP contribution in [0.25, 0.3) is 0 Å². The highest BCUT2D eigenvalue weighted by Crippen LogP contribution is 2.27. The highest BCUT2D eigenvalue weighted by molar-refractivity contribution is 5.26. The molecule has 0 bridgehead atoms. The molecular weight excluding hydrogens is 162 g/mol. The first kappa shape index (κ1) is 9.06. The molecule has 66 valence electrons. The van der Waals surface area contributed by atoms with Gasteiger partial charge in [-0.25, -0.2) is 0 Å². The third-order valence-electron chi connectivity index (χ3n) is 1.69. The Morgan fingerprint density at radius 3 is 2.75 bits per heavy atom. The summed E-state index contributed by atoms with van der Waals surface area (Å²) in [6, 6.07) is 1.54. The molecule has 0 spiro atoms. The van der Waals surface area contributed by atoms with Crippen LogP contribution in [0.1, 0.15) is 11.1 Å². The highest BCUT2D eigenvalue weighted by Gasteiger charge is 2.31. The molecule has 2 nitrogen and oxygen atoms in total. The first-order valence-electron chi connectivity index (χ1n) is 3.57. The Balaban J connectivity index is 3.10. The van der Waals surface area contributed by atoms with E-state index in [9.17, 15) is 8.78 Å². The summed E-state index contributed by atoms with van der Waals surface area (Å²) in [5.74, 6) is -2.96. The fourth-order valence-electron chi connectivity index (χ4n) is 0.957. The van der Waals surface area contributed by atoms with Crippen LogP contribution >= 0.6 is 0 Å². The molecule has 4 heteroatoms. The lowest BCUT2D eigenvalue weighted by Gasteiger charge is -2.15. The van der Waals surface area contributed by atoms with Crippen molar-refractivity contribution in [1.29, 1.82) is 0 Å². The first-order chi connectivity index (χ1) is 5.58. The zero-order valence-electron chi connectivity index (χ0n) is 6.72. The summed E-state index contributed by atoms with van der Waals surface area (Å²) < 4.78 is 26.0. The minimum atomic E-state index is -2.96. The minimum absolute atomic E-state index is 0.0903. The summed E-state index contributed by atoms with van der Waals surface area (Å²) in [5.41, 5.74) is 5.35. The van der Waals surface area contributed by atoms with E-state index in [0.29, 0.717) is 5.56 Å². The van der Waals surface area contributed by atoms with Gasteiger partial charge in [0.25, 0.3) is 5.92 Å². The highest BCUT2D eigenvalue weighted by atomic mass is 19.3. The number of hydrogen-bond acceptors (Lipinski definition) is 2. The van der Waals surface area contributed by atoms with E-state index in [4.69, 9.17) is 5.73 Å². The van der Waals surface area contributed by atoms with Crippen LogP contribution in [0.4, 0.5) is 8.78 Å². The number of pyridine rings is 1. The fraction of sp³-hybridized carbons (Fsp3) is 0.375. The van der Waals surface area contributed by atoms with Crippen LogP contribution in [-0.2, 0) is 5.92 Å². The molecule has 1 rings (SSSR count). The molecule has 0 saturated heterocycles. The van der Waals surface area contributed by atoms with Gasteiger partial charge < -0.3 is 5.73 Å². The van der Waals surface area contributed by atoms with E-state index in [1.807, 2.05) is 0 Å². The van der Waals surface area contributed by atoms with Crippen LogP contribution in [0.15, 0.2) is 18.5 Å². The van der Waals surface area contributed by atoms with Crippen molar-refractivity contribution in [1.82, 2.24) is 4.98 Å². The Bertz CT molecular complexity index is 274. The zero-order valence-corrected chi connectivity index (χ0v) is 6.72. The van der Waals surface area contributed by atoms with Gasteiger partial charge in [0.1, 0.15) is 0 Å². The number of nitrogens with two attached hydrogens (primary N) is 1. The Morgan fingerprint density at radius 1 is 1.58 bits per heavy atom. The van der Waals surface area contributed by atoms with Crippen molar-refractivity contribution in [2.24, 2.45) is 5.73 Å². The normalized spacial score (nSPS) is 11.7. The summed E-state index contributed by atoms with van der Waals surface area (Å²) in [6.45, 7) is 0.931. The standard InChI is InChI=1S/C8H10F2N2/c1-6-2-3-12-4-7(6)8(9,10)5-11/h2-4H,5,11H2,1H3. The number of aromatic nitrogens is 1. The van der Waals surface area contributed by atoms with E-state index in [0.717, 1.165) is 6.20 Å². The maximum Gasteiger partial charge on any atom is 0.286 e. The van der Waals surface area contributed by atoms with Gasteiger partial charge in [0.15, 0.2) is 0 Å². The van der Waals surface area contributed by atoms with Crippen molar-refractivity contribution < 1.29 is 8.78 Å². The van der Waals surface area contributed by atoms with Crippen molar-refractivity contribution in [3.63, 3.8) is 0 Å². The Kier molecular flexibility index (Phi) is 2.38. The van der Waals surface area contributed by atoms with Gasteiger partial charge in [-0.1, -0.05) is 0 Å². The van der Waals surface area contributed by atoms with Crippen molar-refractivity contribution in [3.8, 4) is 0 Å². The molecule has 0 atom stereocenters. The molecule has 0 amide bonds. The third kappa shape index (κ3) is 1.58. The summed E-state index contributed by atoms with van der Waals surface area (Å²) in [6.07, 6.45) is 2.63. The molecule has 1 heterocycles. The molecule has 1 aromatic heterocycles. The number of alkyl halides is 2. The van der Waals surface area contributed by atoms with Crippen LogP contribution in [-0.4, -0.2) is 11.5 Å². The van der Waals surface area contributed by atoms with E-state index in [1.54, 1.807) is 13.0 Å². The molecule has 12 heavy (non-hydrogen) atoms. The van der Waals surface area contributed by atoms with Gasteiger partial charge in [0.05, 0.1) is 6.54 Å². The monoisotopic (exact) mass is 172 g/mol. The van der Waals surface area contributed by atoms with Crippen LogP contribution in [0.3, 0.4) is 0 Å². The first-order valence-corrected chi connectivity index (χ1v) is 3.57. The Hall–Kier alpha value is -1.03. The number of halogens is 2.